The maximum Gasteiger partial charge on any atom is 0.472 e. The number of aliphatic hydroxyl groups is 2. The number of hydrogen-bond donors (Lipinski definition) is 3. The minimum absolute atomic E-state index is 0.0195. The molecule has 56 heavy (non-hydrogen) atoms. The minimum atomic E-state index is -4.54. The summed E-state index contributed by atoms with van der Waals surface area (Å²) in [6.07, 6.45) is 52.2. The van der Waals surface area contributed by atoms with E-state index in [0.717, 1.165) is 116 Å². The molecule has 0 saturated heterocycles. The summed E-state index contributed by atoms with van der Waals surface area (Å²) >= 11 is 0. The van der Waals surface area contributed by atoms with Crippen molar-refractivity contribution in [1.82, 2.24) is 0 Å². The van der Waals surface area contributed by atoms with Gasteiger partial charge in [-0.25, -0.2) is 4.57 Å². The summed E-state index contributed by atoms with van der Waals surface area (Å²) in [6, 6.07) is 0. The van der Waals surface area contributed by atoms with Gasteiger partial charge in [-0.05, 0) is 89.9 Å². The van der Waals surface area contributed by atoms with Crippen LogP contribution in [0, 0.1) is 0 Å². The number of unbranched alkanes of at least 4 members (excludes halogenated alkanes) is 9. The van der Waals surface area contributed by atoms with Crippen molar-refractivity contribution < 1.29 is 43.0 Å². The lowest BCUT2D eigenvalue weighted by Gasteiger charge is -2.20. The quantitative estimate of drug-likeness (QED) is 0.0240. The van der Waals surface area contributed by atoms with Gasteiger partial charge in [0, 0.05) is 13.0 Å². The van der Waals surface area contributed by atoms with Crippen LogP contribution >= 0.6 is 7.82 Å². The number of allylic oxidation sites excluding steroid dienone is 16. The second-order valence-electron chi connectivity index (χ2n) is 13.6. The number of rotatable bonds is 39. The SMILES string of the molecule is CC/C=C\C/C=C\C/C=C\C/C=C\CCCCCCCOCC(COP(=O)(O)OCC(O)CO)OC(=O)CCCCCC/C=C\C/C=C\C/C=C\C/C=C\CC. The van der Waals surface area contributed by atoms with E-state index in [-0.39, 0.29) is 13.0 Å². The number of carbonyl (C=O) groups is 1. The molecule has 0 heterocycles. The minimum Gasteiger partial charge on any atom is -0.457 e. The van der Waals surface area contributed by atoms with Crippen LogP contribution in [0.25, 0.3) is 0 Å². The second-order valence-corrected chi connectivity index (χ2v) is 15.0. The lowest BCUT2D eigenvalue weighted by molar-refractivity contribution is -0.154. The van der Waals surface area contributed by atoms with Crippen LogP contribution in [0.4, 0.5) is 0 Å². The lowest BCUT2D eigenvalue weighted by Crippen LogP contribution is -2.29. The second kappa shape index (κ2) is 42.0. The van der Waals surface area contributed by atoms with Gasteiger partial charge in [-0.15, -0.1) is 0 Å². The molecule has 0 amide bonds. The van der Waals surface area contributed by atoms with Crippen molar-refractivity contribution in [2.45, 2.75) is 154 Å². The Balaban J connectivity index is 4.30. The van der Waals surface area contributed by atoms with Crippen LogP contribution in [0.2, 0.25) is 0 Å². The van der Waals surface area contributed by atoms with Crippen LogP contribution in [0.3, 0.4) is 0 Å². The summed E-state index contributed by atoms with van der Waals surface area (Å²) in [5.74, 6) is -0.418. The number of aliphatic hydroxyl groups excluding tert-OH is 2. The van der Waals surface area contributed by atoms with Gasteiger partial charge >= 0.3 is 13.8 Å². The maximum atomic E-state index is 12.6. The van der Waals surface area contributed by atoms with E-state index in [1.54, 1.807) is 0 Å². The van der Waals surface area contributed by atoms with Gasteiger partial charge in [-0.1, -0.05) is 143 Å². The molecule has 3 unspecified atom stereocenters. The summed E-state index contributed by atoms with van der Waals surface area (Å²) in [7, 11) is -4.54. The highest BCUT2D eigenvalue weighted by atomic mass is 31.2. The number of carbonyl (C=O) groups excluding carboxylic acids is 1. The maximum absolute atomic E-state index is 12.6. The van der Waals surface area contributed by atoms with Crippen LogP contribution in [-0.2, 0) is 27.9 Å². The molecule has 0 aliphatic heterocycles. The summed E-state index contributed by atoms with van der Waals surface area (Å²) in [4.78, 5) is 22.6. The number of hydrogen-bond acceptors (Lipinski definition) is 8. The normalized spacial score (nSPS) is 15.0. The Morgan fingerprint density at radius 2 is 0.964 bits per heavy atom. The molecule has 0 aromatic rings. The number of phosphoric acid groups is 1. The molecule has 0 rings (SSSR count). The summed E-state index contributed by atoms with van der Waals surface area (Å²) in [5, 5.41) is 18.3. The van der Waals surface area contributed by atoms with Crippen LogP contribution < -0.4 is 0 Å². The molecule has 0 aliphatic rings. The standard InChI is InChI=1S/C46H77O9P/c1-3-5-7-9-11-13-15-17-19-21-23-25-27-29-31-33-35-37-39-52-42-45(43-54-56(50,51)53-41-44(48)40-47)55-46(49)38-36-34-32-30-28-26-24-22-20-18-16-14-12-10-8-6-4-2/h5-8,11-14,17-20,23-26,44-45,47-48H,3-4,9-10,15-16,21-22,27-43H2,1-2H3,(H,50,51)/b7-5-,8-6-,13-11-,14-12-,19-17-,20-18-,25-23-,26-24-. The third kappa shape index (κ3) is 41.0. The van der Waals surface area contributed by atoms with Crippen molar-refractivity contribution in [2.24, 2.45) is 0 Å². The summed E-state index contributed by atoms with van der Waals surface area (Å²) in [6.45, 7) is 3.18. The van der Waals surface area contributed by atoms with Gasteiger partial charge in [-0.2, -0.15) is 0 Å². The van der Waals surface area contributed by atoms with Gasteiger partial charge in [0.05, 0.1) is 26.4 Å². The topological polar surface area (TPSA) is 132 Å². The molecule has 0 radical (unpaired) electrons. The summed E-state index contributed by atoms with van der Waals surface area (Å²) < 4.78 is 33.3. The molecule has 9 nitrogen and oxygen atoms in total. The first-order valence-electron chi connectivity index (χ1n) is 21.2. The van der Waals surface area contributed by atoms with Gasteiger partial charge in [0.2, 0.25) is 0 Å². The van der Waals surface area contributed by atoms with Crippen molar-refractivity contribution in [3.05, 3.63) is 97.2 Å². The van der Waals surface area contributed by atoms with E-state index in [1.807, 2.05) is 0 Å². The van der Waals surface area contributed by atoms with Crippen LogP contribution in [-0.4, -0.2) is 66.3 Å². The average molecular weight is 805 g/mol. The van der Waals surface area contributed by atoms with E-state index >= 15 is 0 Å². The molecule has 0 saturated carbocycles. The van der Waals surface area contributed by atoms with Crippen LogP contribution in [0.15, 0.2) is 97.2 Å². The Kier molecular flexibility index (Phi) is 40.0. The van der Waals surface area contributed by atoms with Gasteiger partial charge in [0.15, 0.2) is 0 Å². The molecule has 10 heteroatoms. The largest absolute Gasteiger partial charge is 0.472 e. The van der Waals surface area contributed by atoms with Crippen molar-refractivity contribution >= 4 is 13.8 Å². The first-order valence-corrected chi connectivity index (χ1v) is 22.7. The van der Waals surface area contributed by atoms with Gasteiger partial charge in [-0.3, -0.25) is 13.8 Å². The third-order valence-electron chi connectivity index (χ3n) is 8.27. The third-order valence-corrected chi connectivity index (χ3v) is 9.22. The molecular formula is C46H77O9P. The van der Waals surface area contributed by atoms with Crippen LogP contribution in [0.1, 0.15) is 142 Å². The molecule has 0 aromatic heterocycles. The predicted molar refractivity (Wildman–Crippen MR) is 232 cm³/mol. The first-order chi connectivity index (χ1) is 27.3. The Bertz CT molecular complexity index is 1190. The van der Waals surface area contributed by atoms with Crippen molar-refractivity contribution in [2.75, 3.05) is 33.0 Å². The van der Waals surface area contributed by atoms with Crippen molar-refractivity contribution in [3.8, 4) is 0 Å². The zero-order valence-electron chi connectivity index (χ0n) is 34.8. The smallest absolute Gasteiger partial charge is 0.457 e. The lowest BCUT2D eigenvalue weighted by atomic mass is 10.1. The summed E-state index contributed by atoms with van der Waals surface area (Å²) in [5.41, 5.74) is 0. The first kappa shape index (κ1) is 53.4. The number of esters is 1. The van der Waals surface area contributed by atoms with Crippen LogP contribution in [0.5, 0.6) is 0 Å². The molecule has 320 valence electrons. The highest BCUT2D eigenvalue weighted by Crippen LogP contribution is 2.43. The Morgan fingerprint density at radius 1 is 0.554 bits per heavy atom. The Labute approximate surface area is 340 Å². The zero-order chi connectivity index (χ0) is 41.1. The van der Waals surface area contributed by atoms with Gasteiger partial charge < -0.3 is 24.6 Å². The molecule has 3 atom stereocenters. The molecule has 0 aliphatic carbocycles. The highest BCUT2D eigenvalue weighted by molar-refractivity contribution is 7.47. The number of phosphoric ester groups is 1. The fourth-order valence-corrected chi connectivity index (χ4v) is 5.89. The molecule has 3 N–H and O–H groups in total. The van der Waals surface area contributed by atoms with Crippen molar-refractivity contribution in [3.63, 3.8) is 0 Å². The van der Waals surface area contributed by atoms with Gasteiger partial charge in [0.25, 0.3) is 0 Å². The monoisotopic (exact) mass is 805 g/mol. The van der Waals surface area contributed by atoms with E-state index in [2.05, 4.69) is 111 Å². The molecule has 0 aromatic carbocycles. The molecule has 0 bridgehead atoms. The van der Waals surface area contributed by atoms with E-state index in [0.29, 0.717) is 13.0 Å². The highest BCUT2D eigenvalue weighted by Gasteiger charge is 2.26. The molecule has 0 fully saturated rings. The Morgan fingerprint density at radius 3 is 1.45 bits per heavy atom. The molecular weight excluding hydrogens is 727 g/mol. The fraction of sp³-hybridized carbons (Fsp3) is 0.630. The van der Waals surface area contributed by atoms with E-state index in [1.165, 1.54) is 0 Å². The zero-order valence-corrected chi connectivity index (χ0v) is 35.7. The average Bonchev–Trinajstić information content (AvgIpc) is 3.19. The molecule has 0 spiro atoms. The van der Waals surface area contributed by atoms with E-state index in [4.69, 9.17) is 23.6 Å². The van der Waals surface area contributed by atoms with Crippen molar-refractivity contribution in [1.29, 1.82) is 0 Å². The number of ether oxygens (including phenoxy) is 2. The predicted octanol–water partition coefficient (Wildman–Crippen LogP) is 11.7. The van der Waals surface area contributed by atoms with Gasteiger partial charge in [0.1, 0.15) is 12.2 Å². The van der Waals surface area contributed by atoms with E-state index < -0.39 is 45.8 Å². The Hall–Kier alpha value is -2.62. The fourth-order valence-electron chi connectivity index (χ4n) is 5.10. The van der Waals surface area contributed by atoms with E-state index in [9.17, 15) is 19.4 Å².